The van der Waals surface area contributed by atoms with Crippen LogP contribution in [0, 0.1) is 13.8 Å². The number of nitrogens with one attached hydrogen (secondary N) is 2. The van der Waals surface area contributed by atoms with E-state index in [1.807, 2.05) is 0 Å². The Bertz CT molecular complexity index is 1110. The molecule has 1 aromatic heterocycles. The van der Waals surface area contributed by atoms with E-state index in [1.54, 1.807) is 20.8 Å². The molecule has 0 aliphatic rings. The maximum absolute atomic E-state index is 12.3. The molecule has 0 saturated heterocycles. The van der Waals surface area contributed by atoms with Gasteiger partial charge in [-0.1, -0.05) is 11.6 Å². The molecule has 0 saturated carbocycles. The number of esters is 2. The lowest BCUT2D eigenvalue weighted by atomic mass is 10.1. The second-order valence-electron chi connectivity index (χ2n) is 6.66. The van der Waals surface area contributed by atoms with Crippen LogP contribution >= 0.6 is 22.9 Å². The first-order valence-corrected chi connectivity index (χ1v) is 12.2. The molecule has 32 heavy (non-hydrogen) atoms. The summed E-state index contributed by atoms with van der Waals surface area (Å²) in [4.78, 5) is 37.3. The molecular weight excluding hydrogens is 480 g/mol. The van der Waals surface area contributed by atoms with Gasteiger partial charge in [0.1, 0.15) is 11.0 Å². The predicted octanol–water partition coefficient (Wildman–Crippen LogP) is 3.04. The number of aryl methyl sites for hydroxylation is 1. The Morgan fingerprint density at radius 3 is 2.34 bits per heavy atom. The van der Waals surface area contributed by atoms with Crippen LogP contribution in [0.1, 0.15) is 34.6 Å². The second kappa shape index (κ2) is 10.9. The van der Waals surface area contributed by atoms with Crippen molar-refractivity contribution in [3.8, 4) is 0 Å². The Kier molecular flexibility index (Phi) is 8.79. The number of hydrogen-bond acceptors (Lipinski definition) is 8. The van der Waals surface area contributed by atoms with Crippen molar-refractivity contribution < 1.29 is 32.3 Å². The van der Waals surface area contributed by atoms with Gasteiger partial charge in [-0.25, -0.2) is 13.2 Å². The molecule has 0 fully saturated rings. The zero-order valence-corrected chi connectivity index (χ0v) is 20.2. The lowest BCUT2D eigenvalue weighted by molar-refractivity contribution is -0.148. The number of carbonyl (C=O) groups is 3. The van der Waals surface area contributed by atoms with Crippen LogP contribution in [0.15, 0.2) is 29.2 Å². The normalized spacial score (nSPS) is 12.2. The Morgan fingerprint density at radius 1 is 1.12 bits per heavy atom. The highest BCUT2D eigenvalue weighted by molar-refractivity contribution is 7.89. The standard InChI is InChI=1S/C20H23ClN2O7S2/c1-5-29-20(26)17-11(2)13(4)31-18(17)22-16(24)10-30-19(25)12(3)23-32(27,28)15-8-6-14(21)7-9-15/h6-9,12,23H,5,10H2,1-4H3,(H,22,24)/t12-/m1/s1. The van der Waals surface area contributed by atoms with E-state index in [0.29, 0.717) is 10.6 Å². The first-order chi connectivity index (χ1) is 15.0. The lowest BCUT2D eigenvalue weighted by Gasteiger charge is -2.14. The molecule has 0 radical (unpaired) electrons. The van der Waals surface area contributed by atoms with Gasteiger partial charge in [0.2, 0.25) is 10.0 Å². The number of rotatable bonds is 9. The topological polar surface area (TPSA) is 128 Å². The summed E-state index contributed by atoms with van der Waals surface area (Å²) in [5.41, 5.74) is 0.934. The molecule has 0 aliphatic heterocycles. The molecule has 0 spiro atoms. The highest BCUT2D eigenvalue weighted by Gasteiger charge is 2.25. The summed E-state index contributed by atoms with van der Waals surface area (Å²) in [7, 11) is -3.99. The smallest absolute Gasteiger partial charge is 0.341 e. The highest BCUT2D eigenvalue weighted by Crippen LogP contribution is 2.33. The molecule has 0 aliphatic carbocycles. The Morgan fingerprint density at radius 2 is 1.75 bits per heavy atom. The van der Waals surface area contributed by atoms with E-state index in [2.05, 4.69) is 10.0 Å². The van der Waals surface area contributed by atoms with Crippen molar-refractivity contribution in [3.63, 3.8) is 0 Å². The van der Waals surface area contributed by atoms with E-state index in [1.165, 1.54) is 42.5 Å². The summed E-state index contributed by atoms with van der Waals surface area (Å²) in [6, 6.07) is 4.15. The first-order valence-electron chi connectivity index (χ1n) is 9.47. The Labute approximate surface area is 195 Å². The molecular formula is C20H23ClN2O7S2. The lowest BCUT2D eigenvalue weighted by Crippen LogP contribution is -2.40. The van der Waals surface area contributed by atoms with E-state index < -0.39 is 40.5 Å². The number of amides is 1. The molecule has 2 N–H and O–H groups in total. The van der Waals surface area contributed by atoms with Gasteiger partial charge in [-0.05, 0) is 57.5 Å². The quantitative estimate of drug-likeness (QED) is 0.504. The number of ether oxygens (including phenoxy) is 2. The van der Waals surface area contributed by atoms with Crippen LogP contribution in [0.3, 0.4) is 0 Å². The molecule has 2 rings (SSSR count). The van der Waals surface area contributed by atoms with Gasteiger partial charge in [0.05, 0.1) is 17.1 Å². The summed E-state index contributed by atoms with van der Waals surface area (Å²) in [6.07, 6.45) is 0. The van der Waals surface area contributed by atoms with Crippen molar-refractivity contribution >= 4 is 55.8 Å². The van der Waals surface area contributed by atoms with Gasteiger partial charge in [-0.3, -0.25) is 9.59 Å². The van der Waals surface area contributed by atoms with Crippen LogP contribution < -0.4 is 10.0 Å². The molecule has 0 bridgehead atoms. The third-order valence-corrected chi connectivity index (χ3v) is 7.20. The van der Waals surface area contributed by atoms with Crippen LogP contribution in [-0.2, 0) is 29.1 Å². The zero-order valence-electron chi connectivity index (χ0n) is 17.9. The van der Waals surface area contributed by atoms with E-state index in [9.17, 15) is 22.8 Å². The van der Waals surface area contributed by atoms with Gasteiger partial charge in [-0.2, -0.15) is 4.72 Å². The van der Waals surface area contributed by atoms with Gasteiger partial charge in [0.25, 0.3) is 5.91 Å². The van der Waals surface area contributed by atoms with E-state index in [-0.39, 0.29) is 22.1 Å². The number of carbonyl (C=O) groups excluding carboxylic acids is 3. The van der Waals surface area contributed by atoms with Gasteiger partial charge in [0.15, 0.2) is 6.61 Å². The number of benzene rings is 1. The van der Waals surface area contributed by atoms with Gasteiger partial charge in [0, 0.05) is 9.90 Å². The largest absolute Gasteiger partial charge is 0.462 e. The predicted molar refractivity (Wildman–Crippen MR) is 121 cm³/mol. The SMILES string of the molecule is CCOC(=O)c1c(NC(=O)COC(=O)[C@@H](C)NS(=O)(=O)c2ccc(Cl)cc2)sc(C)c1C. The molecule has 1 aromatic carbocycles. The van der Waals surface area contributed by atoms with Crippen molar-refractivity contribution in [2.75, 3.05) is 18.5 Å². The van der Waals surface area contributed by atoms with Gasteiger partial charge >= 0.3 is 11.9 Å². The van der Waals surface area contributed by atoms with Gasteiger partial charge < -0.3 is 14.8 Å². The molecule has 2 aromatic rings. The zero-order chi connectivity index (χ0) is 24.1. The van der Waals surface area contributed by atoms with Crippen molar-refractivity contribution in [2.45, 2.75) is 38.6 Å². The summed E-state index contributed by atoms with van der Waals surface area (Å²) in [5, 5.41) is 3.19. The monoisotopic (exact) mass is 502 g/mol. The minimum Gasteiger partial charge on any atom is -0.462 e. The van der Waals surface area contributed by atoms with Crippen LogP contribution in [0.5, 0.6) is 0 Å². The molecule has 1 heterocycles. The summed E-state index contributed by atoms with van der Waals surface area (Å²) in [5.74, 6) is -2.19. The molecule has 0 unspecified atom stereocenters. The van der Waals surface area contributed by atoms with E-state index in [4.69, 9.17) is 21.1 Å². The Hall–Kier alpha value is -2.47. The maximum atomic E-state index is 12.3. The van der Waals surface area contributed by atoms with Crippen LogP contribution in [0.4, 0.5) is 5.00 Å². The fourth-order valence-corrected chi connectivity index (χ4v) is 4.93. The van der Waals surface area contributed by atoms with Gasteiger partial charge in [-0.15, -0.1) is 11.3 Å². The van der Waals surface area contributed by atoms with E-state index >= 15 is 0 Å². The van der Waals surface area contributed by atoms with Crippen molar-refractivity contribution in [2.24, 2.45) is 0 Å². The van der Waals surface area contributed by atoms with Crippen molar-refractivity contribution in [1.82, 2.24) is 4.72 Å². The van der Waals surface area contributed by atoms with Crippen LogP contribution in [-0.4, -0.2) is 45.5 Å². The average molecular weight is 503 g/mol. The van der Waals surface area contributed by atoms with Crippen molar-refractivity contribution in [1.29, 1.82) is 0 Å². The number of halogens is 1. The number of anilines is 1. The minimum absolute atomic E-state index is 0.0748. The third-order valence-electron chi connectivity index (χ3n) is 4.27. The molecule has 1 atom stereocenters. The third kappa shape index (κ3) is 6.52. The number of thiophene rings is 1. The van der Waals surface area contributed by atoms with E-state index in [0.717, 1.165) is 4.88 Å². The second-order valence-corrected chi connectivity index (χ2v) is 10.0. The fourth-order valence-electron chi connectivity index (χ4n) is 2.55. The number of hydrogen-bond donors (Lipinski definition) is 2. The summed E-state index contributed by atoms with van der Waals surface area (Å²) < 4.78 is 36.8. The minimum atomic E-state index is -3.99. The average Bonchev–Trinajstić information content (AvgIpc) is 2.99. The molecule has 12 heteroatoms. The number of sulfonamides is 1. The summed E-state index contributed by atoms with van der Waals surface area (Å²) in [6.45, 7) is 6.02. The highest BCUT2D eigenvalue weighted by atomic mass is 35.5. The van der Waals surface area contributed by atoms with Crippen LogP contribution in [0.2, 0.25) is 5.02 Å². The maximum Gasteiger partial charge on any atom is 0.341 e. The fraction of sp³-hybridized carbons (Fsp3) is 0.350. The van der Waals surface area contributed by atoms with Crippen LogP contribution in [0.25, 0.3) is 0 Å². The summed E-state index contributed by atoms with van der Waals surface area (Å²) >= 11 is 6.94. The Balaban J connectivity index is 1.97. The molecule has 174 valence electrons. The first kappa shape index (κ1) is 25.8. The van der Waals surface area contributed by atoms with Crippen molar-refractivity contribution in [3.05, 3.63) is 45.3 Å². The molecule has 9 nitrogen and oxygen atoms in total. The molecule has 1 amide bonds.